The van der Waals surface area contributed by atoms with Crippen LogP contribution in [0.4, 0.5) is 0 Å². The molecule has 0 bridgehead atoms. The van der Waals surface area contributed by atoms with E-state index in [1.165, 1.54) is 0 Å². The number of thiazole rings is 1. The molecule has 1 heterocycles. The average molecular weight is 369 g/mol. The van der Waals surface area contributed by atoms with Gasteiger partial charge in [-0.25, -0.2) is 4.98 Å². The minimum atomic E-state index is -0.129. The molecule has 0 aliphatic heterocycles. The lowest BCUT2D eigenvalue weighted by Crippen LogP contribution is -2.20. The lowest BCUT2D eigenvalue weighted by Gasteiger charge is -2.00. The maximum absolute atomic E-state index is 12.0. The van der Waals surface area contributed by atoms with Gasteiger partial charge in [-0.3, -0.25) is 4.79 Å². The fraction of sp³-hybridized carbons (Fsp3) is 0.100. The molecule has 5 heteroatoms. The first-order valence-electron chi connectivity index (χ1n) is 7.85. The Morgan fingerprint density at radius 1 is 1.16 bits per heavy atom. The van der Waals surface area contributed by atoms with Gasteiger partial charge in [0.15, 0.2) is 0 Å². The Bertz CT molecular complexity index is 903. The third-order valence-electron chi connectivity index (χ3n) is 3.65. The van der Waals surface area contributed by atoms with E-state index < -0.39 is 0 Å². The van der Waals surface area contributed by atoms with Crippen LogP contribution in [0.15, 0.2) is 60.7 Å². The van der Waals surface area contributed by atoms with Crippen molar-refractivity contribution < 1.29 is 4.79 Å². The van der Waals surface area contributed by atoms with Crippen molar-refractivity contribution in [3.63, 3.8) is 0 Å². The van der Waals surface area contributed by atoms with Gasteiger partial charge in [0, 0.05) is 16.5 Å². The van der Waals surface area contributed by atoms with Crippen molar-refractivity contribution in [1.82, 2.24) is 10.3 Å². The molecule has 3 rings (SSSR count). The lowest BCUT2D eigenvalue weighted by atomic mass is 10.2. The second kappa shape index (κ2) is 8.10. The molecule has 25 heavy (non-hydrogen) atoms. The molecule has 2 aromatic carbocycles. The minimum Gasteiger partial charge on any atom is -0.348 e. The van der Waals surface area contributed by atoms with Crippen molar-refractivity contribution >= 4 is 34.9 Å². The molecule has 0 saturated heterocycles. The van der Waals surface area contributed by atoms with Gasteiger partial charge in [0.1, 0.15) is 5.01 Å². The molecule has 0 unspecified atom stereocenters. The second-order valence-corrected chi connectivity index (χ2v) is 6.96. The van der Waals surface area contributed by atoms with Gasteiger partial charge in [0.25, 0.3) is 0 Å². The van der Waals surface area contributed by atoms with Crippen molar-refractivity contribution in [2.24, 2.45) is 0 Å². The van der Waals surface area contributed by atoms with E-state index in [1.807, 2.05) is 61.5 Å². The minimum absolute atomic E-state index is 0.129. The average Bonchev–Trinajstić information content (AvgIpc) is 3.00. The first-order chi connectivity index (χ1) is 12.1. The zero-order chi connectivity index (χ0) is 17.6. The molecule has 3 nitrogen and oxygen atoms in total. The standard InChI is InChI=1S/C20H17ClN2OS/c1-14-18(25-20(23-14)16-9-5-6-10-17(16)21)13-22-19(24)12-11-15-7-3-2-4-8-15/h2-12H,13H2,1H3,(H,22,24)/b12-11+. The van der Waals surface area contributed by atoms with Gasteiger partial charge >= 0.3 is 0 Å². The van der Waals surface area contributed by atoms with Crippen molar-refractivity contribution in [3.05, 3.63) is 81.8 Å². The highest BCUT2D eigenvalue weighted by atomic mass is 35.5. The van der Waals surface area contributed by atoms with Gasteiger partial charge in [0.05, 0.1) is 17.3 Å². The molecular formula is C20H17ClN2OS. The number of benzene rings is 2. The summed E-state index contributed by atoms with van der Waals surface area (Å²) in [6, 6.07) is 17.4. The number of halogens is 1. The quantitative estimate of drug-likeness (QED) is 0.636. The molecule has 0 radical (unpaired) electrons. The Morgan fingerprint density at radius 2 is 1.88 bits per heavy atom. The molecule has 0 aliphatic carbocycles. The van der Waals surface area contributed by atoms with Gasteiger partial charge in [-0.15, -0.1) is 11.3 Å². The summed E-state index contributed by atoms with van der Waals surface area (Å²) in [5.74, 6) is -0.129. The normalized spacial score (nSPS) is 11.0. The third-order valence-corrected chi connectivity index (χ3v) is 5.17. The summed E-state index contributed by atoms with van der Waals surface area (Å²) in [4.78, 5) is 17.6. The number of hydrogen-bond acceptors (Lipinski definition) is 3. The van der Waals surface area contributed by atoms with Crippen LogP contribution in [0.1, 0.15) is 16.1 Å². The first kappa shape index (κ1) is 17.4. The van der Waals surface area contributed by atoms with Crippen LogP contribution < -0.4 is 5.32 Å². The van der Waals surface area contributed by atoms with E-state index in [0.717, 1.165) is 26.7 Å². The highest BCUT2D eigenvalue weighted by Gasteiger charge is 2.12. The molecule has 0 saturated carbocycles. The van der Waals surface area contributed by atoms with Crippen LogP contribution in [0.2, 0.25) is 5.02 Å². The zero-order valence-corrected chi connectivity index (χ0v) is 15.3. The molecule has 1 aromatic heterocycles. The lowest BCUT2D eigenvalue weighted by molar-refractivity contribution is -0.116. The molecular weight excluding hydrogens is 352 g/mol. The summed E-state index contributed by atoms with van der Waals surface area (Å²) in [7, 11) is 0. The van der Waals surface area contributed by atoms with Crippen LogP contribution in [0.5, 0.6) is 0 Å². The van der Waals surface area contributed by atoms with Crippen molar-refractivity contribution in [3.8, 4) is 10.6 Å². The van der Waals surface area contributed by atoms with Gasteiger partial charge in [-0.05, 0) is 24.6 Å². The molecule has 3 aromatic rings. The maximum Gasteiger partial charge on any atom is 0.244 e. The number of rotatable bonds is 5. The van der Waals surface area contributed by atoms with E-state index in [-0.39, 0.29) is 5.91 Å². The number of amides is 1. The molecule has 0 atom stereocenters. The van der Waals surface area contributed by atoms with Crippen molar-refractivity contribution in [2.45, 2.75) is 13.5 Å². The number of hydrogen-bond donors (Lipinski definition) is 1. The highest BCUT2D eigenvalue weighted by Crippen LogP contribution is 2.32. The number of carbonyl (C=O) groups is 1. The van der Waals surface area contributed by atoms with Crippen LogP contribution in [0.25, 0.3) is 16.6 Å². The smallest absolute Gasteiger partial charge is 0.244 e. The zero-order valence-electron chi connectivity index (χ0n) is 13.7. The summed E-state index contributed by atoms with van der Waals surface area (Å²) >= 11 is 7.78. The van der Waals surface area contributed by atoms with Crippen molar-refractivity contribution in [1.29, 1.82) is 0 Å². The number of aromatic nitrogens is 1. The van der Waals surface area contributed by atoms with E-state index in [0.29, 0.717) is 11.6 Å². The highest BCUT2D eigenvalue weighted by molar-refractivity contribution is 7.15. The fourth-order valence-electron chi connectivity index (χ4n) is 2.30. The van der Waals surface area contributed by atoms with Gasteiger partial charge in [0.2, 0.25) is 5.91 Å². The summed E-state index contributed by atoms with van der Waals surface area (Å²) in [5.41, 5.74) is 2.82. The predicted molar refractivity (Wildman–Crippen MR) is 105 cm³/mol. The van der Waals surface area contributed by atoms with E-state index in [9.17, 15) is 4.79 Å². The van der Waals surface area contributed by atoms with Crippen molar-refractivity contribution in [2.75, 3.05) is 0 Å². The Balaban J connectivity index is 1.65. The maximum atomic E-state index is 12.0. The fourth-order valence-corrected chi connectivity index (χ4v) is 3.63. The largest absolute Gasteiger partial charge is 0.348 e. The Labute approximate surface area is 156 Å². The molecule has 1 N–H and O–H groups in total. The summed E-state index contributed by atoms with van der Waals surface area (Å²) in [5, 5.41) is 4.45. The molecule has 0 spiro atoms. The number of nitrogens with one attached hydrogen (secondary N) is 1. The van der Waals surface area contributed by atoms with E-state index >= 15 is 0 Å². The Morgan fingerprint density at radius 3 is 2.64 bits per heavy atom. The van der Waals surface area contributed by atoms with Crippen LogP contribution in [-0.2, 0) is 11.3 Å². The van der Waals surface area contributed by atoms with Crippen LogP contribution in [0, 0.1) is 6.92 Å². The van der Waals surface area contributed by atoms with Crippen LogP contribution in [-0.4, -0.2) is 10.9 Å². The van der Waals surface area contributed by atoms with Gasteiger partial charge < -0.3 is 5.32 Å². The third kappa shape index (κ3) is 4.56. The van der Waals surface area contributed by atoms with E-state index in [2.05, 4.69) is 10.3 Å². The Kier molecular flexibility index (Phi) is 5.64. The topological polar surface area (TPSA) is 42.0 Å². The SMILES string of the molecule is Cc1nc(-c2ccccc2Cl)sc1CNC(=O)/C=C/c1ccccc1. The van der Waals surface area contributed by atoms with E-state index in [1.54, 1.807) is 23.5 Å². The van der Waals surface area contributed by atoms with E-state index in [4.69, 9.17) is 11.6 Å². The molecule has 1 amide bonds. The van der Waals surface area contributed by atoms with Crippen LogP contribution in [0.3, 0.4) is 0 Å². The number of carbonyl (C=O) groups excluding carboxylic acids is 1. The Hall–Kier alpha value is -2.43. The molecule has 0 aliphatic rings. The van der Waals surface area contributed by atoms with Gasteiger partial charge in [-0.1, -0.05) is 60.1 Å². The number of aryl methyl sites for hydroxylation is 1. The second-order valence-electron chi connectivity index (χ2n) is 5.47. The van der Waals surface area contributed by atoms with Gasteiger partial charge in [-0.2, -0.15) is 0 Å². The monoisotopic (exact) mass is 368 g/mol. The molecule has 0 fully saturated rings. The summed E-state index contributed by atoms with van der Waals surface area (Å²) in [6.07, 6.45) is 3.34. The summed E-state index contributed by atoms with van der Waals surface area (Å²) in [6.45, 7) is 2.39. The first-order valence-corrected chi connectivity index (χ1v) is 9.05. The number of nitrogens with zero attached hydrogens (tertiary/aromatic N) is 1. The predicted octanol–water partition coefficient (Wildman–Crippen LogP) is 5.10. The summed E-state index contributed by atoms with van der Waals surface area (Å²) < 4.78 is 0. The molecule has 126 valence electrons. The van der Waals surface area contributed by atoms with Crippen LogP contribution >= 0.6 is 22.9 Å².